The van der Waals surface area contributed by atoms with Crippen molar-refractivity contribution >= 4 is 11.6 Å². The highest BCUT2D eigenvalue weighted by Crippen LogP contribution is 2.23. The summed E-state index contributed by atoms with van der Waals surface area (Å²) in [7, 11) is 1.55. The van der Waals surface area contributed by atoms with Gasteiger partial charge in [0.2, 0.25) is 5.69 Å². The summed E-state index contributed by atoms with van der Waals surface area (Å²) >= 11 is 5.68. The Balaban J connectivity index is 3.39. The van der Waals surface area contributed by atoms with Gasteiger partial charge in [-0.25, -0.2) is 0 Å². The topological polar surface area (TPSA) is 36.2 Å². The fraction of sp³-hybridized carbons (Fsp3) is 0.444. The first kappa shape index (κ1) is 10.1. The van der Waals surface area contributed by atoms with Crippen LogP contribution < -0.4 is 9.47 Å². The minimum Gasteiger partial charge on any atom is -0.618 e. The maximum atomic E-state index is 11.3. The number of hydrogen-bond acceptors (Lipinski definition) is 2. The number of methoxy groups -OCH3 is 1. The Morgan fingerprint density at radius 3 is 2.62 bits per heavy atom. The molecule has 0 aliphatic carbocycles. The summed E-state index contributed by atoms with van der Waals surface area (Å²) in [6, 6.07) is 0. The molecule has 1 rings (SSSR count). The molecule has 0 atom stereocenters. The second-order valence-corrected chi connectivity index (χ2v) is 3.12. The number of nitrogens with zero attached hydrogens (tertiary/aromatic N) is 1. The van der Waals surface area contributed by atoms with E-state index < -0.39 is 0 Å². The summed E-state index contributed by atoms with van der Waals surface area (Å²) in [4.78, 5) is 0. The largest absolute Gasteiger partial charge is 0.618 e. The first-order valence-electron chi connectivity index (χ1n) is 3.94. The third-order valence-corrected chi connectivity index (χ3v) is 2.39. The van der Waals surface area contributed by atoms with E-state index >= 15 is 0 Å². The minimum absolute atomic E-state index is 0.324. The third kappa shape index (κ3) is 1.70. The average molecular weight is 202 g/mol. The number of hydrogen-bond donors (Lipinski definition) is 0. The molecule has 0 N–H and O–H groups in total. The van der Waals surface area contributed by atoms with Gasteiger partial charge in [0.15, 0.2) is 11.9 Å². The van der Waals surface area contributed by atoms with Crippen LogP contribution in [0.1, 0.15) is 16.8 Å². The van der Waals surface area contributed by atoms with Gasteiger partial charge >= 0.3 is 0 Å². The molecule has 1 aromatic rings. The first-order valence-corrected chi connectivity index (χ1v) is 4.47. The molecule has 13 heavy (non-hydrogen) atoms. The number of aromatic nitrogens is 1. The summed E-state index contributed by atoms with van der Waals surface area (Å²) in [5.41, 5.74) is 2.30. The van der Waals surface area contributed by atoms with E-state index in [1.807, 2.05) is 6.92 Å². The Labute approximate surface area is 82.5 Å². The molecule has 0 aliphatic rings. The van der Waals surface area contributed by atoms with Crippen molar-refractivity contribution in [2.75, 3.05) is 7.11 Å². The molecule has 0 bridgehead atoms. The monoisotopic (exact) mass is 201 g/mol. The summed E-state index contributed by atoms with van der Waals surface area (Å²) in [5, 5.41) is 11.3. The predicted molar refractivity (Wildman–Crippen MR) is 51.0 cm³/mol. The SMILES string of the molecule is COc1c(C)c(CCl)c[n+]([O-])c1C. The number of rotatable bonds is 2. The molecule has 0 aliphatic heterocycles. The van der Waals surface area contributed by atoms with Crippen LogP contribution in [0, 0.1) is 19.1 Å². The van der Waals surface area contributed by atoms with Crippen molar-refractivity contribution in [3.05, 3.63) is 28.2 Å². The molecule has 0 unspecified atom stereocenters. The zero-order valence-corrected chi connectivity index (χ0v) is 8.68. The van der Waals surface area contributed by atoms with Gasteiger partial charge in [-0.1, -0.05) is 0 Å². The molecular formula is C9H12ClNO2. The van der Waals surface area contributed by atoms with E-state index in [1.54, 1.807) is 14.0 Å². The van der Waals surface area contributed by atoms with Crippen molar-refractivity contribution in [1.29, 1.82) is 0 Å². The fourth-order valence-electron chi connectivity index (χ4n) is 1.29. The van der Waals surface area contributed by atoms with E-state index in [4.69, 9.17) is 16.3 Å². The highest BCUT2D eigenvalue weighted by molar-refractivity contribution is 6.17. The summed E-state index contributed by atoms with van der Waals surface area (Å²) in [6.45, 7) is 3.61. The van der Waals surface area contributed by atoms with E-state index in [-0.39, 0.29) is 0 Å². The normalized spacial score (nSPS) is 10.2. The average Bonchev–Trinajstić information content (AvgIpc) is 2.12. The second-order valence-electron chi connectivity index (χ2n) is 2.86. The van der Waals surface area contributed by atoms with Crippen LogP contribution in [0.25, 0.3) is 0 Å². The Morgan fingerprint density at radius 1 is 1.54 bits per heavy atom. The maximum absolute atomic E-state index is 11.3. The van der Waals surface area contributed by atoms with Crippen molar-refractivity contribution in [3.63, 3.8) is 0 Å². The van der Waals surface area contributed by atoms with Crippen molar-refractivity contribution in [2.45, 2.75) is 19.7 Å². The Kier molecular flexibility index (Phi) is 2.98. The van der Waals surface area contributed by atoms with Gasteiger partial charge in [-0.15, -0.1) is 11.6 Å². The molecule has 0 aromatic carbocycles. The molecule has 0 radical (unpaired) electrons. The van der Waals surface area contributed by atoms with Crippen molar-refractivity contribution in [2.24, 2.45) is 0 Å². The predicted octanol–water partition coefficient (Wildman–Crippen LogP) is 1.68. The zero-order chi connectivity index (χ0) is 10.0. The zero-order valence-electron chi connectivity index (χ0n) is 7.93. The van der Waals surface area contributed by atoms with Gasteiger partial charge in [0.1, 0.15) is 0 Å². The molecule has 3 nitrogen and oxygen atoms in total. The Hall–Kier alpha value is -0.960. The molecule has 0 saturated heterocycles. The maximum Gasteiger partial charge on any atom is 0.232 e. The number of halogens is 1. The van der Waals surface area contributed by atoms with Gasteiger partial charge in [0, 0.05) is 18.1 Å². The number of pyridine rings is 1. The van der Waals surface area contributed by atoms with E-state index in [2.05, 4.69) is 0 Å². The van der Waals surface area contributed by atoms with E-state index in [0.717, 1.165) is 15.9 Å². The molecule has 4 heteroatoms. The van der Waals surface area contributed by atoms with E-state index in [9.17, 15) is 5.21 Å². The van der Waals surface area contributed by atoms with Crippen LogP contribution in [0.15, 0.2) is 6.20 Å². The van der Waals surface area contributed by atoms with Gasteiger partial charge in [0.05, 0.1) is 13.0 Å². The Morgan fingerprint density at radius 2 is 2.15 bits per heavy atom. The van der Waals surface area contributed by atoms with Crippen LogP contribution in [0.4, 0.5) is 0 Å². The molecule has 1 aromatic heterocycles. The standard InChI is InChI=1S/C9H12ClNO2/c1-6-8(4-10)5-11(12)7(2)9(6)13-3/h5H,4H2,1-3H3. The molecule has 0 fully saturated rings. The third-order valence-electron chi connectivity index (χ3n) is 2.10. The molecule has 0 amide bonds. The number of ether oxygens (including phenoxy) is 1. The van der Waals surface area contributed by atoms with Crippen molar-refractivity contribution in [3.8, 4) is 5.75 Å². The van der Waals surface area contributed by atoms with Gasteiger partial charge < -0.3 is 9.94 Å². The fourth-order valence-corrected chi connectivity index (χ4v) is 1.56. The van der Waals surface area contributed by atoms with E-state index in [0.29, 0.717) is 17.3 Å². The van der Waals surface area contributed by atoms with Crippen LogP contribution >= 0.6 is 11.6 Å². The minimum atomic E-state index is 0.324. The van der Waals surface area contributed by atoms with Crippen LogP contribution in [0.3, 0.4) is 0 Å². The van der Waals surface area contributed by atoms with Crippen LogP contribution in [0.5, 0.6) is 5.75 Å². The van der Waals surface area contributed by atoms with Crippen LogP contribution in [-0.4, -0.2) is 7.11 Å². The summed E-state index contributed by atoms with van der Waals surface area (Å²) in [6.07, 6.45) is 1.49. The quantitative estimate of drug-likeness (QED) is 0.415. The van der Waals surface area contributed by atoms with Gasteiger partial charge in [0.25, 0.3) is 0 Å². The van der Waals surface area contributed by atoms with Crippen LogP contribution in [-0.2, 0) is 5.88 Å². The molecular weight excluding hydrogens is 190 g/mol. The smallest absolute Gasteiger partial charge is 0.232 e. The molecule has 0 spiro atoms. The number of alkyl halides is 1. The molecule has 1 heterocycles. The highest BCUT2D eigenvalue weighted by Gasteiger charge is 2.15. The molecule has 0 saturated carbocycles. The first-order chi connectivity index (χ1) is 6.11. The highest BCUT2D eigenvalue weighted by atomic mass is 35.5. The van der Waals surface area contributed by atoms with E-state index in [1.165, 1.54) is 6.20 Å². The van der Waals surface area contributed by atoms with Gasteiger partial charge in [-0.3, -0.25) is 0 Å². The van der Waals surface area contributed by atoms with Crippen molar-refractivity contribution < 1.29 is 9.47 Å². The van der Waals surface area contributed by atoms with Crippen LogP contribution in [0.2, 0.25) is 0 Å². The lowest BCUT2D eigenvalue weighted by molar-refractivity contribution is -0.613. The van der Waals surface area contributed by atoms with Crippen molar-refractivity contribution in [1.82, 2.24) is 0 Å². The molecule has 72 valence electrons. The lowest BCUT2D eigenvalue weighted by Gasteiger charge is -2.11. The van der Waals surface area contributed by atoms with Gasteiger partial charge in [-0.2, -0.15) is 4.73 Å². The summed E-state index contributed by atoms with van der Waals surface area (Å²) in [5.74, 6) is 0.943. The summed E-state index contributed by atoms with van der Waals surface area (Å²) < 4.78 is 5.90. The lowest BCUT2D eigenvalue weighted by Crippen LogP contribution is -2.31. The Bertz CT molecular complexity index is 326. The van der Waals surface area contributed by atoms with Gasteiger partial charge in [-0.05, 0) is 6.92 Å². The lowest BCUT2D eigenvalue weighted by atomic mass is 10.1. The second kappa shape index (κ2) is 3.83.